The van der Waals surface area contributed by atoms with Crippen molar-refractivity contribution in [3.63, 3.8) is 0 Å². The van der Waals surface area contributed by atoms with E-state index in [9.17, 15) is 14.0 Å². The van der Waals surface area contributed by atoms with Crippen molar-refractivity contribution in [2.75, 3.05) is 26.1 Å². The quantitative estimate of drug-likeness (QED) is 0.413. The van der Waals surface area contributed by atoms with Crippen LogP contribution in [0.25, 0.3) is 5.57 Å². The van der Waals surface area contributed by atoms with Crippen LogP contribution in [0.4, 0.5) is 5.69 Å². The molecule has 164 valence electrons. The van der Waals surface area contributed by atoms with Gasteiger partial charge in [-0.1, -0.05) is 30.0 Å². The van der Waals surface area contributed by atoms with E-state index in [-0.39, 0.29) is 0 Å². The number of hydrogen-bond acceptors (Lipinski definition) is 6. The van der Waals surface area contributed by atoms with Crippen molar-refractivity contribution < 1.29 is 32.7 Å². The Balaban J connectivity index is 1.97. The van der Waals surface area contributed by atoms with Crippen molar-refractivity contribution in [2.45, 2.75) is 4.90 Å². The number of ether oxygens (including phenoxy) is 1. The molecule has 0 saturated heterocycles. The summed E-state index contributed by atoms with van der Waals surface area (Å²) in [4.78, 5) is 2.59. The molecule has 0 saturated carbocycles. The topological polar surface area (TPSA) is 90.9 Å². The lowest BCUT2D eigenvalue weighted by Gasteiger charge is -2.19. The van der Waals surface area contributed by atoms with Crippen LogP contribution in [0.15, 0.2) is 71.6 Å². The van der Waals surface area contributed by atoms with Gasteiger partial charge in [-0.3, -0.25) is 0 Å². The number of anilines is 1. The highest BCUT2D eigenvalue weighted by Gasteiger charge is 2.29. The lowest BCUT2D eigenvalue weighted by Crippen LogP contribution is -2.60. The largest absolute Gasteiger partial charge is 0.497 e. The fourth-order valence-electron chi connectivity index (χ4n) is 3.35. The minimum Gasteiger partial charge on any atom is -0.497 e. The van der Waals surface area contributed by atoms with Crippen molar-refractivity contribution in [3.8, 4) is 17.6 Å². The van der Waals surface area contributed by atoms with Crippen LogP contribution in [-0.4, -0.2) is 21.2 Å². The van der Waals surface area contributed by atoms with Crippen molar-refractivity contribution in [1.82, 2.24) is 0 Å². The predicted molar refractivity (Wildman–Crippen MR) is 115 cm³/mol. The summed E-state index contributed by atoms with van der Waals surface area (Å²) in [6.45, 7) is 0. The Labute approximate surface area is 190 Å². The van der Waals surface area contributed by atoms with Gasteiger partial charge >= 0.3 is 0 Å². The maximum Gasteiger partial charge on any atom is 0.148 e. The molecule has 8 heteroatoms. The van der Waals surface area contributed by atoms with E-state index in [1.807, 2.05) is 55.4 Å². The van der Waals surface area contributed by atoms with Gasteiger partial charge in [0.05, 0.1) is 26.8 Å². The third kappa shape index (κ3) is 4.66. The Kier molecular flexibility index (Phi) is 6.26. The monoisotopic (exact) mass is 469 g/mol. The molecular weight excluding hydrogens is 450 g/mol. The van der Waals surface area contributed by atoms with Crippen LogP contribution < -0.4 is 28.8 Å². The van der Waals surface area contributed by atoms with Crippen molar-refractivity contribution in [2.24, 2.45) is 0 Å². The highest BCUT2D eigenvalue weighted by molar-refractivity contribution is 8.05. The van der Waals surface area contributed by atoms with Gasteiger partial charge in [-0.05, 0) is 48.5 Å². The molecule has 0 aliphatic carbocycles. The minimum absolute atomic E-state index is 0.524. The summed E-state index contributed by atoms with van der Waals surface area (Å²) in [5.74, 6) is 6.97. The molecule has 0 N–H and O–H groups in total. The number of nitrogens with zero attached hydrogens (tertiary/aromatic N) is 1. The van der Waals surface area contributed by atoms with Gasteiger partial charge in [0, 0.05) is 41.7 Å². The molecule has 0 fully saturated rings. The van der Waals surface area contributed by atoms with E-state index >= 15 is 0 Å². The smallest absolute Gasteiger partial charge is 0.148 e. The van der Waals surface area contributed by atoms with Crippen LogP contribution in [0.5, 0.6) is 5.75 Å². The van der Waals surface area contributed by atoms with Crippen LogP contribution >= 0.6 is 10.8 Å². The Hall–Kier alpha value is -2.83. The van der Waals surface area contributed by atoms with Gasteiger partial charge in [0.25, 0.3) is 0 Å². The normalized spacial score (nSPS) is 14.7. The van der Waals surface area contributed by atoms with Crippen LogP contribution in [-0.2, 0) is 3.74 Å². The van der Waals surface area contributed by atoms with E-state index < -0.39 is 21.0 Å². The van der Waals surface area contributed by atoms with Gasteiger partial charge in [-0.15, -0.1) is 0 Å². The number of benzene rings is 3. The molecule has 0 bridgehead atoms. The van der Waals surface area contributed by atoms with Gasteiger partial charge < -0.3 is 9.64 Å². The maximum absolute atomic E-state index is 11.5. The van der Waals surface area contributed by atoms with Crippen molar-refractivity contribution in [3.05, 3.63) is 87.6 Å². The summed E-state index contributed by atoms with van der Waals surface area (Å²) >= 11 is 0. The molecule has 3 aromatic rings. The molecule has 1 heterocycles. The van der Waals surface area contributed by atoms with E-state index in [1.165, 1.54) is 7.11 Å². The summed E-state index contributed by atoms with van der Waals surface area (Å²) in [6.07, 6.45) is 0. The summed E-state index contributed by atoms with van der Waals surface area (Å²) < 4.78 is 45.2. The second kappa shape index (κ2) is 8.96. The third-order valence-corrected chi connectivity index (χ3v) is 7.48. The zero-order valence-electron chi connectivity index (χ0n) is 17.6. The first-order valence-corrected chi connectivity index (χ1v) is 11.9. The second-order valence-corrected chi connectivity index (χ2v) is 9.81. The lowest BCUT2D eigenvalue weighted by molar-refractivity contribution is -1.91. The number of halogens is 1. The third-order valence-electron chi connectivity index (χ3n) is 4.87. The van der Waals surface area contributed by atoms with Crippen LogP contribution in [0, 0.1) is 26.6 Å². The van der Waals surface area contributed by atoms with Crippen molar-refractivity contribution in [1.29, 1.82) is 0 Å². The Morgan fingerprint density at radius 3 is 2.28 bits per heavy atom. The standard InChI is InChI=1S/C24H20ClNO5S/c1-26(2)18-11-8-17(9-12-18)10-14-20-21-6-4-5-7-23(21)32(31-25(27,28)29)24-16-19(30-3)13-15-22(20)24/h4-9,11-13,15-16H,1-3H3. The van der Waals surface area contributed by atoms with E-state index in [2.05, 4.69) is 11.8 Å². The minimum atomic E-state index is -4.64. The van der Waals surface area contributed by atoms with Crippen LogP contribution in [0.2, 0.25) is 0 Å². The summed E-state index contributed by atoms with van der Waals surface area (Å²) in [5, 5.41) is 0.698. The molecule has 1 atom stereocenters. The Morgan fingerprint density at radius 1 is 0.906 bits per heavy atom. The van der Waals surface area contributed by atoms with E-state index in [0.717, 1.165) is 22.4 Å². The molecule has 0 spiro atoms. The SMILES string of the molecule is COc1ccc2c(c1)=S(O[Cl+3]([O-])([O-])[O-])c1ccccc1C=2C#Cc1ccc(N(C)C)cc1. The Bertz CT molecular complexity index is 1350. The number of methoxy groups -OCH3 is 1. The first-order chi connectivity index (χ1) is 15.3. The highest BCUT2D eigenvalue weighted by Crippen LogP contribution is 2.40. The predicted octanol–water partition coefficient (Wildman–Crippen LogP) is 0.733. The molecule has 0 radical (unpaired) electrons. The first-order valence-electron chi connectivity index (χ1n) is 9.56. The summed E-state index contributed by atoms with van der Waals surface area (Å²) in [7, 11) is -0.615. The first kappa shape index (κ1) is 22.4. The molecule has 0 aromatic heterocycles. The van der Waals surface area contributed by atoms with Gasteiger partial charge in [0.15, 0.2) is 0 Å². The summed E-state index contributed by atoms with van der Waals surface area (Å²) in [5.41, 5.74) is 3.37. The molecule has 0 amide bonds. The molecule has 1 unspecified atom stereocenters. The number of rotatable bonds is 4. The lowest BCUT2D eigenvalue weighted by atomic mass is 10.0. The number of fused-ring (bicyclic) bond motifs is 2. The van der Waals surface area contributed by atoms with Gasteiger partial charge in [-0.2, -0.15) is 14.0 Å². The average molecular weight is 470 g/mol. The van der Waals surface area contributed by atoms with E-state index in [4.69, 9.17) is 8.47 Å². The van der Waals surface area contributed by atoms with Gasteiger partial charge in [-0.25, -0.2) is 0 Å². The van der Waals surface area contributed by atoms with Crippen LogP contribution in [0.1, 0.15) is 11.1 Å². The van der Waals surface area contributed by atoms with E-state index in [1.54, 1.807) is 30.3 Å². The zero-order valence-corrected chi connectivity index (χ0v) is 19.2. The molecule has 3 aromatic carbocycles. The molecule has 1 aliphatic rings. The highest BCUT2D eigenvalue weighted by atomic mass is 35.7. The van der Waals surface area contributed by atoms with Crippen molar-refractivity contribution >= 4 is 22.0 Å². The molecule has 32 heavy (non-hydrogen) atoms. The summed E-state index contributed by atoms with van der Waals surface area (Å²) in [6, 6.07) is 20.3. The van der Waals surface area contributed by atoms with Gasteiger partial charge in [0.2, 0.25) is 0 Å². The fraction of sp³-hybridized carbons (Fsp3) is 0.125. The molecule has 4 rings (SSSR count). The van der Waals surface area contributed by atoms with Gasteiger partial charge in [0.1, 0.15) is 20.3 Å². The fourth-order valence-corrected chi connectivity index (χ4v) is 5.91. The second-order valence-electron chi connectivity index (χ2n) is 7.13. The van der Waals surface area contributed by atoms with Crippen LogP contribution in [0.3, 0.4) is 0 Å². The zero-order chi connectivity index (χ0) is 22.9. The molecule has 6 nitrogen and oxygen atoms in total. The Morgan fingerprint density at radius 2 is 1.62 bits per heavy atom. The number of hydrogen-bond donors (Lipinski definition) is 0. The molecule has 1 aliphatic heterocycles. The van der Waals surface area contributed by atoms with E-state index in [0.29, 0.717) is 20.4 Å². The average Bonchev–Trinajstić information content (AvgIpc) is 2.77. The molecular formula is C24H20ClNO5S. The maximum atomic E-state index is 11.5.